The summed E-state index contributed by atoms with van der Waals surface area (Å²) in [4.78, 5) is 18.3. The molecule has 4 nitrogen and oxygen atoms in total. The summed E-state index contributed by atoms with van der Waals surface area (Å²) in [7, 11) is 1.97. The molecule has 0 bridgehead atoms. The van der Waals surface area contributed by atoms with Crippen molar-refractivity contribution in [1.29, 1.82) is 0 Å². The lowest BCUT2D eigenvalue weighted by molar-refractivity contribution is 0.0604. The van der Waals surface area contributed by atoms with Gasteiger partial charge in [0.25, 0.3) is 5.91 Å². The first-order valence-electron chi connectivity index (χ1n) is 7.83. The van der Waals surface area contributed by atoms with Crippen molar-refractivity contribution in [2.45, 2.75) is 31.7 Å². The van der Waals surface area contributed by atoms with Crippen LogP contribution in [0.4, 0.5) is 0 Å². The largest absolute Gasteiger partial charge is 0.361 e. The Hall–Kier alpha value is -1.81. The fraction of sp³-hybridized carbons (Fsp3) is 0.471. The molecule has 1 saturated heterocycles. The third kappa shape index (κ3) is 2.81. The van der Waals surface area contributed by atoms with Crippen LogP contribution in [0, 0.1) is 0 Å². The number of piperidine rings is 1. The van der Waals surface area contributed by atoms with Crippen LogP contribution in [0.2, 0.25) is 0 Å². The van der Waals surface area contributed by atoms with Crippen molar-refractivity contribution >= 4 is 16.8 Å². The van der Waals surface area contributed by atoms with E-state index in [9.17, 15) is 4.79 Å². The maximum atomic E-state index is 13.0. The number of carbonyl (C=O) groups excluding carboxylic acids is 1. The van der Waals surface area contributed by atoms with Gasteiger partial charge in [-0.15, -0.1) is 0 Å². The predicted molar refractivity (Wildman–Crippen MR) is 85.5 cm³/mol. The van der Waals surface area contributed by atoms with Crippen LogP contribution >= 0.6 is 0 Å². The van der Waals surface area contributed by atoms with Crippen LogP contribution in [0.5, 0.6) is 0 Å². The van der Waals surface area contributed by atoms with Gasteiger partial charge in [0.2, 0.25) is 0 Å². The number of amides is 1. The van der Waals surface area contributed by atoms with E-state index in [0.717, 1.165) is 48.8 Å². The molecule has 3 rings (SSSR count). The molecule has 0 saturated carbocycles. The van der Waals surface area contributed by atoms with E-state index in [-0.39, 0.29) is 5.91 Å². The number of rotatable bonds is 4. The van der Waals surface area contributed by atoms with Crippen LogP contribution in [0.15, 0.2) is 30.5 Å². The molecule has 2 N–H and O–H groups in total. The third-order valence-electron chi connectivity index (χ3n) is 4.43. The smallest absolute Gasteiger partial charge is 0.256 e. The summed E-state index contributed by atoms with van der Waals surface area (Å²) in [5.74, 6) is 0.170. The monoisotopic (exact) mass is 285 g/mol. The topological polar surface area (TPSA) is 48.1 Å². The second-order valence-electron chi connectivity index (χ2n) is 5.79. The molecule has 0 spiro atoms. The second kappa shape index (κ2) is 6.31. The first-order chi connectivity index (χ1) is 10.3. The van der Waals surface area contributed by atoms with Gasteiger partial charge in [-0.2, -0.15) is 0 Å². The summed E-state index contributed by atoms with van der Waals surface area (Å²) in [6, 6.07) is 8.32. The van der Waals surface area contributed by atoms with Crippen molar-refractivity contribution in [1.82, 2.24) is 15.2 Å². The Morgan fingerprint density at radius 2 is 2.29 bits per heavy atom. The number of carbonyl (C=O) groups is 1. The molecule has 1 fully saturated rings. The van der Waals surface area contributed by atoms with Gasteiger partial charge >= 0.3 is 0 Å². The Bertz CT molecular complexity index is 619. The standard InChI is InChI=1S/C17H23N3O/c1-18-10-9-14-6-2-3-12-20(14)17(21)15-7-4-5-13-8-11-19-16(13)15/h4-5,7-8,11,14,18-19H,2-3,6,9-10,12H2,1H3. The van der Waals surface area contributed by atoms with Crippen molar-refractivity contribution in [3.8, 4) is 0 Å². The minimum absolute atomic E-state index is 0.170. The molecule has 2 heterocycles. The number of fused-ring (bicyclic) bond motifs is 1. The Labute approximate surface area is 125 Å². The molecular weight excluding hydrogens is 262 g/mol. The van der Waals surface area contributed by atoms with Gasteiger partial charge in [-0.3, -0.25) is 4.79 Å². The van der Waals surface area contributed by atoms with Crippen LogP contribution in [-0.4, -0.2) is 42.0 Å². The lowest BCUT2D eigenvalue weighted by Gasteiger charge is -2.36. The quantitative estimate of drug-likeness (QED) is 0.907. The molecule has 21 heavy (non-hydrogen) atoms. The van der Waals surface area contributed by atoms with Crippen LogP contribution in [0.1, 0.15) is 36.0 Å². The average Bonchev–Trinajstić information content (AvgIpc) is 3.01. The SMILES string of the molecule is CNCCC1CCCCN1C(=O)c1cccc2cc[nH]c12. The van der Waals surface area contributed by atoms with Gasteiger partial charge in [-0.1, -0.05) is 12.1 Å². The van der Waals surface area contributed by atoms with Crippen molar-refractivity contribution in [2.24, 2.45) is 0 Å². The van der Waals surface area contributed by atoms with E-state index in [1.165, 1.54) is 6.42 Å². The lowest BCUT2D eigenvalue weighted by Crippen LogP contribution is -2.44. The highest BCUT2D eigenvalue weighted by atomic mass is 16.2. The van der Waals surface area contributed by atoms with E-state index in [1.807, 2.05) is 37.5 Å². The molecule has 0 radical (unpaired) electrons. The molecule has 1 amide bonds. The minimum atomic E-state index is 0.170. The minimum Gasteiger partial charge on any atom is -0.361 e. The van der Waals surface area contributed by atoms with E-state index < -0.39 is 0 Å². The molecule has 1 unspecified atom stereocenters. The Morgan fingerprint density at radius 3 is 3.14 bits per heavy atom. The molecule has 112 valence electrons. The van der Waals surface area contributed by atoms with Crippen LogP contribution < -0.4 is 5.32 Å². The Balaban J connectivity index is 1.87. The molecule has 4 heteroatoms. The van der Waals surface area contributed by atoms with E-state index in [4.69, 9.17) is 0 Å². The molecule has 1 aromatic carbocycles. The number of H-pyrrole nitrogens is 1. The Kier molecular flexibility index (Phi) is 4.25. The van der Waals surface area contributed by atoms with E-state index in [1.54, 1.807) is 0 Å². The zero-order valence-corrected chi connectivity index (χ0v) is 12.6. The maximum Gasteiger partial charge on any atom is 0.256 e. The third-order valence-corrected chi connectivity index (χ3v) is 4.43. The number of para-hydroxylation sites is 1. The number of hydrogen-bond donors (Lipinski definition) is 2. The number of nitrogens with zero attached hydrogens (tertiary/aromatic N) is 1. The van der Waals surface area contributed by atoms with Gasteiger partial charge < -0.3 is 15.2 Å². The van der Waals surface area contributed by atoms with Crippen LogP contribution in [-0.2, 0) is 0 Å². The summed E-state index contributed by atoms with van der Waals surface area (Å²) in [6.07, 6.45) is 6.39. The second-order valence-corrected chi connectivity index (χ2v) is 5.79. The van der Waals surface area contributed by atoms with Crippen LogP contribution in [0.25, 0.3) is 10.9 Å². The molecule has 0 aliphatic carbocycles. The van der Waals surface area contributed by atoms with Gasteiger partial charge in [0.1, 0.15) is 0 Å². The summed E-state index contributed by atoms with van der Waals surface area (Å²) < 4.78 is 0. The summed E-state index contributed by atoms with van der Waals surface area (Å²) in [5, 5.41) is 4.30. The zero-order chi connectivity index (χ0) is 14.7. The fourth-order valence-electron chi connectivity index (χ4n) is 3.30. The van der Waals surface area contributed by atoms with E-state index >= 15 is 0 Å². The van der Waals surface area contributed by atoms with Crippen molar-refractivity contribution < 1.29 is 4.79 Å². The fourth-order valence-corrected chi connectivity index (χ4v) is 3.30. The summed E-state index contributed by atoms with van der Waals surface area (Å²) >= 11 is 0. The van der Waals surface area contributed by atoms with Gasteiger partial charge in [0.05, 0.1) is 11.1 Å². The molecule has 1 atom stereocenters. The average molecular weight is 285 g/mol. The highest BCUT2D eigenvalue weighted by molar-refractivity contribution is 6.05. The number of hydrogen-bond acceptors (Lipinski definition) is 2. The highest BCUT2D eigenvalue weighted by Crippen LogP contribution is 2.24. The maximum absolute atomic E-state index is 13.0. The Morgan fingerprint density at radius 1 is 1.38 bits per heavy atom. The van der Waals surface area contributed by atoms with Crippen LogP contribution in [0.3, 0.4) is 0 Å². The number of aromatic nitrogens is 1. The lowest BCUT2D eigenvalue weighted by atomic mass is 9.97. The number of nitrogens with one attached hydrogen (secondary N) is 2. The van der Waals surface area contributed by atoms with Crippen molar-refractivity contribution in [3.63, 3.8) is 0 Å². The summed E-state index contributed by atoms with van der Waals surface area (Å²) in [6.45, 7) is 1.84. The molecular formula is C17H23N3O. The predicted octanol–water partition coefficient (Wildman–Crippen LogP) is 2.77. The van der Waals surface area contributed by atoms with Gasteiger partial charge in [0.15, 0.2) is 0 Å². The zero-order valence-electron chi connectivity index (χ0n) is 12.6. The molecule has 1 aromatic heterocycles. The number of aromatic amines is 1. The first kappa shape index (κ1) is 14.1. The van der Waals surface area contributed by atoms with Gasteiger partial charge in [0, 0.05) is 24.2 Å². The highest BCUT2D eigenvalue weighted by Gasteiger charge is 2.28. The molecule has 1 aliphatic rings. The molecule has 1 aliphatic heterocycles. The molecule has 2 aromatic rings. The number of benzene rings is 1. The van der Waals surface area contributed by atoms with E-state index in [2.05, 4.69) is 15.2 Å². The number of likely N-dealkylation sites (tertiary alicyclic amines) is 1. The van der Waals surface area contributed by atoms with Gasteiger partial charge in [-0.25, -0.2) is 0 Å². The normalized spacial score (nSPS) is 19.1. The van der Waals surface area contributed by atoms with E-state index in [0.29, 0.717) is 6.04 Å². The van der Waals surface area contributed by atoms with Gasteiger partial charge in [-0.05, 0) is 51.4 Å². The first-order valence-corrected chi connectivity index (χ1v) is 7.83. The summed E-state index contributed by atoms with van der Waals surface area (Å²) in [5.41, 5.74) is 1.76. The van der Waals surface area contributed by atoms with Crippen molar-refractivity contribution in [3.05, 3.63) is 36.0 Å². The van der Waals surface area contributed by atoms with Crippen molar-refractivity contribution in [2.75, 3.05) is 20.1 Å².